The van der Waals surface area contributed by atoms with Crippen LogP contribution in [0.3, 0.4) is 0 Å². The van der Waals surface area contributed by atoms with Gasteiger partial charge in [0.2, 0.25) is 0 Å². The summed E-state index contributed by atoms with van der Waals surface area (Å²) in [6.45, 7) is 3.33. The molecule has 0 atom stereocenters. The van der Waals surface area contributed by atoms with Crippen molar-refractivity contribution in [3.63, 3.8) is 0 Å². The van der Waals surface area contributed by atoms with Crippen molar-refractivity contribution in [1.82, 2.24) is 15.3 Å². The highest BCUT2D eigenvalue weighted by Gasteiger charge is 2.24. The van der Waals surface area contributed by atoms with Crippen LogP contribution in [0, 0.1) is 0 Å². The maximum absolute atomic E-state index is 12.1. The van der Waals surface area contributed by atoms with Gasteiger partial charge in [-0.2, -0.15) is 0 Å². The Kier molecular flexibility index (Phi) is 3.65. The van der Waals surface area contributed by atoms with E-state index in [1.165, 1.54) is 0 Å². The molecule has 20 heavy (non-hydrogen) atoms. The number of carbonyl (C=O) groups is 2. The first kappa shape index (κ1) is 13.9. The van der Waals surface area contributed by atoms with Crippen LogP contribution in [-0.2, 0) is 4.79 Å². The molecule has 0 bridgehead atoms. The van der Waals surface area contributed by atoms with E-state index in [0.717, 1.165) is 0 Å². The van der Waals surface area contributed by atoms with Gasteiger partial charge >= 0.3 is 5.97 Å². The van der Waals surface area contributed by atoms with Crippen LogP contribution in [-0.4, -0.2) is 32.5 Å². The maximum Gasteiger partial charge on any atom is 0.305 e. The number of carbonyl (C=O) groups excluding carboxylic acids is 1. The first-order valence-electron chi connectivity index (χ1n) is 6.12. The SMILES string of the molecule is CC(C)(CC(=O)O)NC(=O)c1ccc2nccnc2c1. The highest BCUT2D eigenvalue weighted by Crippen LogP contribution is 2.14. The number of nitrogens with zero attached hydrogens (tertiary/aromatic N) is 2. The van der Waals surface area contributed by atoms with Crippen molar-refractivity contribution in [3.05, 3.63) is 36.2 Å². The maximum atomic E-state index is 12.1. The molecule has 0 radical (unpaired) electrons. The summed E-state index contributed by atoms with van der Waals surface area (Å²) in [6, 6.07) is 4.99. The quantitative estimate of drug-likeness (QED) is 0.883. The molecule has 0 aliphatic rings. The third kappa shape index (κ3) is 3.28. The lowest BCUT2D eigenvalue weighted by molar-refractivity contribution is -0.138. The molecule has 0 saturated carbocycles. The van der Waals surface area contributed by atoms with Gasteiger partial charge in [-0.1, -0.05) is 0 Å². The Labute approximate surface area is 115 Å². The van der Waals surface area contributed by atoms with Gasteiger partial charge in [-0.3, -0.25) is 19.6 Å². The summed E-state index contributed by atoms with van der Waals surface area (Å²) < 4.78 is 0. The smallest absolute Gasteiger partial charge is 0.305 e. The molecule has 2 N–H and O–H groups in total. The summed E-state index contributed by atoms with van der Waals surface area (Å²) in [4.78, 5) is 31.1. The predicted octanol–water partition coefficient (Wildman–Crippen LogP) is 1.61. The second-order valence-electron chi connectivity index (χ2n) is 5.17. The van der Waals surface area contributed by atoms with Crippen LogP contribution in [0.5, 0.6) is 0 Å². The molecular weight excluding hydrogens is 258 g/mol. The van der Waals surface area contributed by atoms with Crippen LogP contribution in [0.15, 0.2) is 30.6 Å². The molecule has 2 rings (SSSR count). The molecular formula is C14H15N3O3. The molecule has 1 heterocycles. The summed E-state index contributed by atoms with van der Waals surface area (Å²) >= 11 is 0. The molecule has 0 unspecified atom stereocenters. The minimum atomic E-state index is -0.959. The third-order valence-corrected chi connectivity index (χ3v) is 2.78. The van der Waals surface area contributed by atoms with E-state index in [1.807, 2.05) is 0 Å². The van der Waals surface area contributed by atoms with Crippen LogP contribution in [0.1, 0.15) is 30.6 Å². The fourth-order valence-electron chi connectivity index (χ4n) is 1.91. The van der Waals surface area contributed by atoms with E-state index < -0.39 is 11.5 Å². The number of hydrogen-bond acceptors (Lipinski definition) is 4. The topological polar surface area (TPSA) is 92.2 Å². The number of carboxylic acid groups (broad SMARTS) is 1. The zero-order valence-electron chi connectivity index (χ0n) is 11.3. The van der Waals surface area contributed by atoms with E-state index in [2.05, 4.69) is 15.3 Å². The fraction of sp³-hybridized carbons (Fsp3) is 0.286. The van der Waals surface area contributed by atoms with Crippen molar-refractivity contribution >= 4 is 22.9 Å². The molecule has 1 aromatic carbocycles. The van der Waals surface area contributed by atoms with Crippen molar-refractivity contribution in [3.8, 4) is 0 Å². The van der Waals surface area contributed by atoms with Gasteiger partial charge in [0.1, 0.15) is 0 Å². The largest absolute Gasteiger partial charge is 0.481 e. The number of fused-ring (bicyclic) bond motifs is 1. The molecule has 6 heteroatoms. The highest BCUT2D eigenvalue weighted by molar-refractivity contribution is 5.97. The van der Waals surface area contributed by atoms with Crippen LogP contribution >= 0.6 is 0 Å². The van der Waals surface area contributed by atoms with E-state index in [-0.39, 0.29) is 12.3 Å². The second-order valence-corrected chi connectivity index (χ2v) is 5.17. The van der Waals surface area contributed by atoms with Gasteiger partial charge < -0.3 is 10.4 Å². The zero-order valence-corrected chi connectivity index (χ0v) is 11.3. The van der Waals surface area contributed by atoms with Crippen molar-refractivity contribution in [2.24, 2.45) is 0 Å². The van der Waals surface area contributed by atoms with Crippen molar-refractivity contribution in [2.45, 2.75) is 25.8 Å². The Bertz CT molecular complexity index is 668. The summed E-state index contributed by atoms with van der Waals surface area (Å²) in [5.74, 6) is -1.29. The van der Waals surface area contributed by atoms with E-state index in [9.17, 15) is 9.59 Å². The van der Waals surface area contributed by atoms with Crippen LogP contribution < -0.4 is 5.32 Å². The lowest BCUT2D eigenvalue weighted by Gasteiger charge is -2.24. The zero-order chi connectivity index (χ0) is 14.8. The van der Waals surface area contributed by atoms with E-state index >= 15 is 0 Å². The first-order valence-corrected chi connectivity index (χ1v) is 6.12. The number of hydrogen-bond donors (Lipinski definition) is 2. The minimum Gasteiger partial charge on any atom is -0.481 e. The van der Waals surface area contributed by atoms with Crippen molar-refractivity contribution in [1.29, 1.82) is 0 Å². The Balaban J connectivity index is 2.21. The molecule has 6 nitrogen and oxygen atoms in total. The van der Waals surface area contributed by atoms with E-state index in [0.29, 0.717) is 16.6 Å². The average molecular weight is 273 g/mol. The van der Waals surface area contributed by atoms with Gasteiger partial charge in [-0.05, 0) is 32.0 Å². The van der Waals surface area contributed by atoms with Gasteiger partial charge in [0.05, 0.1) is 17.5 Å². The molecule has 0 aliphatic heterocycles. The normalized spacial score (nSPS) is 11.3. The second kappa shape index (κ2) is 5.24. The summed E-state index contributed by atoms with van der Waals surface area (Å²) in [5, 5.41) is 11.5. The first-order chi connectivity index (χ1) is 9.37. The molecule has 0 aliphatic carbocycles. The lowest BCUT2D eigenvalue weighted by atomic mass is 10.00. The number of carboxylic acids is 1. The molecule has 104 valence electrons. The predicted molar refractivity (Wildman–Crippen MR) is 73.3 cm³/mol. The fourth-order valence-corrected chi connectivity index (χ4v) is 1.91. The van der Waals surface area contributed by atoms with Gasteiger partial charge in [-0.25, -0.2) is 0 Å². The molecule has 1 aromatic heterocycles. The number of rotatable bonds is 4. The van der Waals surface area contributed by atoms with Gasteiger partial charge in [0.25, 0.3) is 5.91 Å². The van der Waals surface area contributed by atoms with Crippen molar-refractivity contribution in [2.75, 3.05) is 0 Å². The molecule has 1 amide bonds. The number of nitrogens with one attached hydrogen (secondary N) is 1. The summed E-state index contributed by atoms with van der Waals surface area (Å²) in [5.41, 5.74) is 0.932. The van der Waals surface area contributed by atoms with Crippen LogP contribution in [0.25, 0.3) is 11.0 Å². The Morgan fingerprint density at radius 1 is 1.20 bits per heavy atom. The number of amides is 1. The minimum absolute atomic E-state index is 0.147. The number of aromatic nitrogens is 2. The Morgan fingerprint density at radius 2 is 1.85 bits per heavy atom. The van der Waals surface area contributed by atoms with Gasteiger partial charge in [0, 0.05) is 23.5 Å². The molecule has 0 spiro atoms. The summed E-state index contributed by atoms with van der Waals surface area (Å²) in [6.07, 6.45) is 2.99. The third-order valence-electron chi connectivity index (χ3n) is 2.78. The van der Waals surface area contributed by atoms with Crippen LogP contribution in [0.2, 0.25) is 0 Å². The number of benzene rings is 1. The van der Waals surface area contributed by atoms with Crippen molar-refractivity contribution < 1.29 is 14.7 Å². The average Bonchev–Trinajstić information content (AvgIpc) is 2.36. The van der Waals surface area contributed by atoms with Crippen LogP contribution in [0.4, 0.5) is 0 Å². The number of aliphatic carboxylic acids is 1. The Hall–Kier alpha value is -2.50. The Morgan fingerprint density at radius 3 is 2.50 bits per heavy atom. The standard InChI is InChI=1S/C14H15N3O3/c1-14(2,8-12(18)19)17-13(20)9-3-4-10-11(7-9)16-6-5-15-10/h3-7H,8H2,1-2H3,(H,17,20)(H,18,19). The van der Waals surface area contributed by atoms with E-state index in [1.54, 1.807) is 44.4 Å². The summed E-state index contributed by atoms with van der Waals surface area (Å²) in [7, 11) is 0. The monoisotopic (exact) mass is 273 g/mol. The highest BCUT2D eigenvalue weighted by atomic mass is 16.4. The lowest BCUT2D eigenvalue weighted by Crippen LogP contribution is -2.44. The molecule has 2 aromatic rings. The van der Waals surface area contributed by atoms with Gasteiger partial charge in [0.15, 0.2) is 0 Å². The van der Waals surface area contributed by atoms with E-state index in [4.69, 9.17) is 5.11 Å². The van der Waals surface area contributed by atoms with Gasteiger partial charge in [-0.15, -0.1) is 0 Å². The molecule has 0 fully saturated rings. The molecule has 0 saturated heterocycles.